The molecule has 3 rings (SSSR count). The van der Waals surface area contributed by atoms with Crippen LogP contribution in [0, 0.1) is 11.3 Å². The van der Waals surface area contributed by atoms with Gasteiger partial charge in [-0.05, 0) is 23.3 Å². The minimum Gasteiger partial charge on any atom is -0.445 e. The number of benzene rings is 2. The second kappa shape index (κ2) is 8.86. The van der Waals surface area contributed by atoms with Gasteiger partial charge in [-0.3, -0.25) is 0 Å². The lowest BCUT2D eigenvalue weighted by atomic mass is 10.0. The number of ether oxygens (including phenoxy) is 1. The van der Waals surface area contributed by atoms with E-state index in [4.69, 9.17) is 10.00 Å². The van der Waals surface area contributed by atoms with Gasteiger partial charge in [-0.15, -0.1) is 0 Å². The van der Waals surface area contributed by atoms with Gasteiger partial charge in [0.15, 0.2) is 0 Å². The number of amides is 1. The maximum atomic E-state index is 12.2. The average Bonchev–Trinajstić information content (AvgIpc) is 2.74. The third-order valence-electron chi connectivity index (χ3n) is 4.64. The van der Waals surface area contributed by atoms with Crippen molar-refractivity contribution in [2.75, 3.05) is 31.1 Å². The van der Waals surface area contributed by atoms with Crippen molar-refractivity contribution >= 4 is 18.1 Å². The molecule has 27 heavy (non-hydrogen) atoms. The number of aldehydes is 1. The van der Waals surface area contributed by atoms with E-state index in [1.165, 1.54) is 0 Å². The molecule has 1 unspecified atom stereocenters. The molecule has 6 heteroatoms. The second-order valence-corrected chi connectivity index (χ2v) is 6.35. The van der Waals surface area contributed by atoms with Crippen LogP contribution in [0.25, 0.3) is 0 Å². The number of hydrogen-bond acceptors (Lipinski definition) is 5. The summed E-state index contributed by atoms with van der Waals surface area (Å²) in [4.78, 5) is 27.0. The normalized spacial score (nSPS) is 14.9. The van der Waals surface area contributed by atoms with E-state index in [0.29, 0.717) is 38.0 Å². The molecule has 6 nitrogen and oxygen atoms in total. The van der Waals surface area contributed by atoms with Gasteiger partial charge in [-0.2, -0.15) is 5.26 Å². The fourth-order valence-corrected chi connectivity index (χ4v) is 3.03. The van der Waals surface area contributed by atoms with E-state index in [1.54, 1.807) is 17.0 Å². The van der Waals surface area contributed by atoms with Gasteiger partial charge in [0.1, 0.15) is 18.8 Å². The lowest BCUT2D eigenvalue weighted by molar-refractivity contribution is -0.108. The molecule has 1 saturated heterocycles. The number of nitriles is 1. The third-order valence-corrected chi connectivity index (χ3v) is 4.64. The molecule has 0 aromatic heterocycles. The van der Waals surface area contributed by atoms with Crippen molar-refractivity contribution in [3.05, 3.63) is 65.7 Å². The smallest absolute Gasteiger partial charge is 0.410 e. The molecule has 0 spiro atoms. The van der Waals surface area contributed by atoms with Crippen molar-refractivity contribution in [2.45, 2.75) is 12.5 Å². The van der Waals surface area contributed by atoms with Crippen molar-refractivity contribution < 1.29 is 14.3 Å². The molecule has 1 aliphatic heterocycles. The first-order valence-electron chi connectivity index (χ1n) is 8.86. The first-order chi connectivity index (χ1) is 13.2. The Morgan fingerprint density at radius 1 is 1.07 bits per heavy atom. The number of piperazine rings is 1. The van der Waals surface area contributed by atoms with Gasteiger partial charge in [0.25, 0.3) is 0 Å². The topological polar surface area (TPSA) is 73.6 Å². The number of anilines is 1. The Kier molecular flexibility index (Phi) is 6.06. The fraction of sp³-hybridized carbons (Fsp3) is 0.286. The lowest BCUT2D eigenvalue weighted by Gasteiger charge is -2.35. The number of rotatable bonds is 5. The Bertz CT molecular complexity index is 807. The fourth-order valence-electron chi connectivity index (χ4n) is 3.03. The van der Waals surface area contributed by atoms with Gasteiger partial charge >= 0.3 is 6.09 Å². The van der Waals surface area contributed by atoms with Crippen LogP contribution in [0.4, 0.5) is 10.5 Å². The summed E-state index contributed by atoms with van der Waals surface area (Å²) in [5.74, 6) is -0.727. The molecular formula is C21H21N3O3. The average molecular weight is 363 g/mol. The van der Waals surface area contributed by atoms with Crippen molar-refractivity contribution in [3.63, 3.8) is 0 Å². The molecule has 1 fully saturated rings. The molecule has 1 atom stereocenters. The summed E-state index contributed by atoms with van der Waals surface area (Å²) in [6.07, 6.45) is 0.353. The summed E-state index contributed by atoms with van der Waals surface area (Å²) in [6, 6.07) is 19.0. The van der Waals surface area contributed by atoms with Crippen LogP contribution in [0.5, 0.6) is 0 Å². The molecule has 1 amide bonds. The first-order valence-corrected chi connectivity index (χ1v) is 8.86. The molecule has 1 aliphatic rings. The van der Waals surface area contributed by atoms with Crippen LogP contribution in [0.3, 0.4) is 0 Å². The van der Waals surface area contributed by atoms with Crippen molar-refractivity contribution in [2.24, 2.45) is 0 Å². The lowest BCUT2D eigenvalue weighted by Crippen LogP contribution is -2.48. The van der Waals surface area contributed by atoms with Crippen LogP contribution in [0.15, 0.2) is 54.6 Å². The Morgan fingerprint density at radius 3 is 2.33 bits per heavy atom. The van der Waals surface area contributed by atoms with Crippen LogP contribution in [-0.2, 0) is 16.1 Å². The summed E-state index contributed by atoms with van der Waals surface area (Å²) in [5.41, 5.74) is 2.67. The maximum absolute atomic E-state index is 12.2. The van der Waals surface area contributed by atoms with Gasteiger partial charge in [0.05, 0.1) is 6.07 Å². The monoisotopic (exact) mass is 363 g/mol. The molecule has 0 radical (unpaired) electrons. The molecule has 0 aliphatic carbocycles. The molecule has 138 valence electrons. The molecular weight excluding hydrogens is 342 g/mol. The van der Waals surface area contributed by atoms with Gasteiger partial charge in [0.2, 0.25) is 0 Å². The van der Waals surface area contributed by atoms with E-state index in [9.17, 15) is 9.59 Å². The Morgan fingerprint density at radius 2 is 1.74 bits per heavy atom. The van der Waals surface area contributed by atoms with Gasteiger partial charge in [-0.25, -0.2) is 4.79 Å². The largest absolute Gasteiger partial charge is 0.445 e. The minimum absolute atomic E-state index is 0.276. The second-order valence-electron chi connectivity index (χ2n) is 6.35. The van der Waals surface area contributed by atoms with E-state index < -0.39 is 5.92 Å². The van der Waals surface area contributed by atoms with E-state index in [1.807, 2.05) is 48.5 Å². The Balaban J connectivity index is 1.50. The zero-order chi connectivity index (χ0) is 19.1. The Hall–Kier alpha value is -3.33. The summed E-state index contributed by atoms with van der Waals surface area (Å²) in [7, 11) is 0. The SMILES string of the molecule is N#CC(C=O)c1ccc(N2CCN(C(=O)OCc3ccccc3)CC2)cc1. The van der Waals surface area contributed by atoms with Crippen LogP contribution in [0.1, 0.15) is 17.0 Å². The summed E-state index contributed by atoms with van der Waals surface area (Å²) in [6.45, 7) is 2.86. The molecule has 0 saturated carbocycles. The summed E-state index contributed by atoms with van der Waals surface area (Å²) in [5, 5.41) is 8.95. The highest BCUT2D eigenvalue weighted by Gasteiger charge is 2.22. The van der Waals surface area contributed by atoms with Crippen molar-refractivity contribution in [3.8, 4) is 6.07 Å². The molecule has 0 bridgehead atoms. The van der Waals surface area contributed by atoms with Crippen LogP contribution >= 0.6 is 0 Å². The number of hydrogen-bond donors (Lipinski definition) is 0. The number of carbonyl (C=O) groups is 2. The predicted molar refractivity (Wildman–Crippen MR) is 101 cm³/mol. The zero-order valence-corrected chi connectivity index (χ0v) is 15.0. The van der Waals surface area contributed by atoms with E-state index >= 15 is 0 Å². The van der Waals surface area contributed by atoms with Gasteiger partial charge < -0.3 is 19.3 Å². The third kappa shape index (κ3) is 4.64. The van der Waals surface area contributed by atoms with Crippen LogP contribution in [-0.4, -0.2) is 43.5 Å². The highest BCUT2D eigenvalue weighted by atomic mass is 16.6. The zero-order valence-electron chi connectivity index (χ0n) is 15.0. The van der Waals surface area contributed by atoms with Crippen molar-refractivity contribution in [1.29, 1.82) is 5.26 Å². The van der Waals surface area contributed by atoms with Gasteiger partial charge in [-0.1, -0.05) is 42.5 Å². The van der Waals surface area contributed by atoms with E-state index in [-0.39, 0.29) is 12.7 Å². The predicted octanol–water partition coefficient (Wildman–Crippen LogP) is 2.95. The number of nitrogens with zero attached hydrogens (tertiary/aromatic N) is 3. The Labute approximate surface area is 158 Å². The maximum Gasteiger partial charge on any atom is 0.410 e. The quantitative estimate of drug-likeness (QED) is 0.764. The molecule has 2 aromatic rings. The standard InChI is InChI=1S/C21H21N3O3/c22-14-19(15-25)18-6-8-20(9-7-18)23-10-12-24(13-11-23)21(26)27-16-17-4-2-1-3-5-17/h1-9,15,19H,10-13,16H2. The van der Waals surface area contributed by atoms with E-state index in [0.717, 1.165) is 11.3 Å². The molecule has 1 heterocycles. The molecule has 2 aromatic carbocycles. The highest BCUT2D eigenvalue weighted by Crippen LogP contribution is 2.21. The first kappa shape index (κ1) is 18.5. The minimum atomic E-state index is -0.727. The van der Waals surface area contributed by atoms with E-state index in [2.05, 4.69) is 4.90 Å². The van der Waals surface area contributed by atoms with Gasteiger partial charge in [0, 0.05) is 31.9 Å². The molecule has 0 N–H and O–H groups in total. The highest BCUT2D eigenvalue weighted by molar-refractivity contribution is 5.69. The number of carbonyl (C=O) groups excluding carboxylic acids is 2. The summed E-state index contributed by atoms with van der Waals surface area (Å²) < 4.78 is 5.38. The van der Waals surface area contributed by atoms with Crippen LogP contribution < -0.4 is 4.90 Å². The summed E-state index contributed by atoms with van der Waals surface area (Å²) >= 11 is 0. The van der Waals surface area contributed by atoms with Crippen LogP contribution in [0.2, 0.25) is 0 Å². The van der Waals surface area contributed by atoms with Crippen molar-refractivity contribution in [1.82, 2.24) is 4.90 Å².